The molecule has 1 aliphatic heterocycles. The molecule has 6 nitrogen and oxygen atoms in total. The molecule has 0 aromatic carbocycles. The van der Waals surface area contributed by atoms with Crippen molar-refractivity contribution in [2.75, 3.05) is 31.1 Å². The van der Waals surface area contributed by atoms with E-state index in [2.05, 4.69) is 21.8 Å². The van der Waals surface area contributed by atoms with E-state index in [0.29, 0.717) is 0 Å². The molecule has 4 rings (SSSR count). The van der Waals surface area contributed by atoms with Crippen molar-refractivity contribution in [2.45, 2.75) is 52.5 Å². The molecule has 2 aromatic rings. The SMILES string of the molecule is CCc1nn(C)c(Cl)c1CN1CCN(c2nc(C)nc3c2CCCC3)CC1. The fourth-order valence-electron chi connectivity index (χ4n) is 4.34. The fourth-order valence-corrected chi connectivity index (χ4v) is 4.54. The number of fused-ring (bicyclic) bond motifs is 1. The maximum atomic E-state index is 6.48. The van der Waals surface area contributed by atoms with E-state index in [-0.39, 0.29) is 0 Å². The Bertz CT molecular complexity index is 822. The van der Waals surface area contributed by atoms with Gasteiger partial charge in [0.25, 0.3) is 0 Å². The standard InChI is InChI=1S/C20H29ClN6/c1-4-17-16(19(21)25(3)24-17)13-26-9-11-27(12-10-26)20-15-7-5-6-8-18(15)22-14(2)23-20/h4-13H2,1-3H3. The zero-order valence-corrected chi connectivity index (χ0v) is 17.4. The minimum Gasteiger partial charge on any atom is -0.354 e. The Morgan fingerprint density at radius 1 is 1.04 bits per heavy atom. The van der Waals surface area contributed by atoms with Crippen LogP contribution in [0.5, 0.6) is 0 Å². The second-order valence-electron chi connectivity index (χ2n) is 7.68. The third-order valence-corrected chi connectivity index (χ3v) is 6.29. The minimum atomic E-state index is 0.773. The molecule has 0 amide bonds. The number of hydrogen-bond acceptors (Lipinski definition) is 5. The molecule has 7 heteroatoms. The van der Waals surface area contributed by atoms with Crippen molar-refractivity contribution >= 4 is 17.4 Å². The van der Waals surface area contributed by atoms with E-state index >= 15 is 0 Å². The number of aromatic nitrogens is 4. The maximum Gasteiger partial charge on any atom is 0.135 e. The Labute approximate surface area is 166 Å². The van der Waals surface area contributed by atoms with E-state index < -0.39 is 0 Å². The Hall–Kier alpha value is -1.66. The first-order valence-electron chi connectivity index (χ1n) is 10.1. The molecule has 3 heterocycles. The summed E-state index contributed by atoms with van der Waals surface area (Å²) < 4.78 is 1.79. The summed E-state index contributed by atoms with van der Waals surface area (Å²) in [6.45, 7) is 9.08. The Kier molecular flexibility index (Phi) is 5.37. The van der Waals surface area contributed by atoms with Crippen molar-refractivity contribution in [3.05, 3.63) is 33.5 Å². The minimum absolute atomic E-state index is 0.773. The van der Waals surface area contributed by atoms with Gasteiger partial charge in [-0.25, -0.2) is 9.97 Å². The number of aryl methyl sites for hydroxylation is 4. The Morgan fingerprint density at radius 3 is 2.52 bits per heavy atom. The summed E-state index contributed by atoms with van der Waals surface area (Å²) in [6.07, 6.45) is 5.65. The van der Waals surface area contributed by atoms with Crippen LogP contribution in [-0.4, -0.2) is 50.8 Å². The van der Waals surface area contributed by atoms with Crippen molar-refractivity contribution in [1.29, 1.82) is 0 Å². The van der Waals surface area contributed by atoms with Crippen LogP contribution in [0, 0.1) is 6.92 Å². The van der Waals surface area contributed by atoms with Gasteiger partial charge in [-0.2, -0.15) is 5.10 Å². The van der Waals surface area contributed by atoms with E-state index in [1.807, 2.05) is 14.0 Å². The van der Waals surface area contributed by atoms with Crippen LogP contribution in [0.25, 0.3) is 0 Å². The monoisotopic (exact) mass is 388 g/mol. The average Bonchev–Trinajstić information content (AvgIpc) is 2.95. The van der Waals surface area contributed by atoms with Gasteiger partial charge in [-0.05, 0) is 39.0 Å². The van der Waals surface area contributed by atoms with Crippen LogP contribution in [0.2, 0.25) is 5.15 Å². The van der Waals surface area contributed by atoms with E-state index in [0.717, 1.165) is 68.7 Å². The van der Waals surface area contributed by atoms with Crippen molar-refractivity contribution < 1.29 is 0 Å². The second-order valence-corrected chi connectivity index (χ2v) is 8.04. The summed E-state index contributed by atoms with van der Waals surface area (Å²) in [5.74, 6) is 2.09. The fraction of sp³-hybridized carbons (Fsp3) is 0.650. The average molecular weight is 389 g/mol. The number of anilines is 1. The van der Waals surface area contributed by atoms with Crippen molar-refractivity contribution in [3.8, 4) is 0 Å². The van der Waals surface area contributed by atoms with Gasteiger partial charge in [0.15, 0.2) is 0 Å². The summed E-state index contributed by atoms with van der Waals surface area (Å²) >= 11 is 6.48. The molecule has 1 saturated heterocycles. The van der Waals surface area contributed by atoms with Gasteiger partial charge in [-0.3, -0.25) is 9.58 Å². The number of hydrogen-bond donors (Lipinski definition) is 0. The number of nitrogens with zero attached hydrogens (tertiary/aromatic N) is 6. The molecule has 146 valence electrons. The molecular formula is C20H29ClN6. The van der Waals surface area contributed by atoms with Crippen LogP contribution in [0.3, 0.4) is 0 Å². The molecule has 0 saturated carbocycles. The molecule has 2 aromatic heterocycles. The van der Waals surface area contributed by atoms with Crippen LogP contribution in [0.1, 0.15) is 48.1 Å². The first kappa shape index (κ1) is 18.7. The normalized spacial score (nSPS) is 18.0. The van der Waals surface area contributed by atoms with Crippen LogP contribution >= 0.6 is 11.6 Å². The van der Waals surface area contributed by atoms with Gasteiger partial charge in [-0.1, -0.05) is 18.5 Å². The lowest BCUT2D eigenvalue weighted by Gasteiger charge is -2.37. The lowest BCUT2D eigenvalue weighted by molar-refractivity contribution is 0.248. The van der Waals surface area contributed by atoms with Gasteiger partial charge in [0, 0.05) is 56.6 Å². The third-order valence-electron chi connectivity index (χ3n) is 5.81. The van der Waals surface area contributed by atoms with E-state index in [4.69, 9.17) is 21.6 Å². The number of piperazine rings is 1. The van der Waals surface area contributed by atoms with Crippen LogP contribution in [0.15, 0.2) is 0 Å². The molecule has 1 fully saturated rings. The highest BCUT2D eigenvalue weighted by Gasteiger charge is 2.25. The van der Waals surface area contributed by atoms with Gasteiger partial charge in [0.1, 0.15) is 16.8 Å². The number of halogens is 1. The van der Waals surface area contributed by atoms with E-state index in [1.165, 1.54) is 35.5 Å². The van der Waals surface area contributed by atoms with Gasteiger partial charge >= 0.3 is 0 Å². The van der Waals surface area contributed by atoms with Crippen LogP contribution in [0.4, 0.5) is 5.82 Å². The van der Waals surface area contributed by atoms with E-state index in [9.17, 15) is 0 Å². The summed E-state index contributed by atoms with van der Waals surface area (Å²) in [4.78, 5) is 14.5. The summed E-state index contributed by atoms with van der Waals surface area (Å²) in [6, 6.07) is 0. The van der Waals surface area contributed by atoms with Crippen molar-refractivity contribution in [3.63, 3.8) is 0 Å². The Balaban J connectivity index is 1.47. The maximum absolute atomic E-state index is 6.48. The second kappa shape index (κ2) is 7.76. The first-order valence-corrected chi connectivity index (χ1v) is 10.5. The van der Waals surface area contributed by atoms with Gasteiger partial charge in [-0.15, -0.1) is 0 Å². The molecule has 27 heavy (non-hydrogen) atoms. The molecule has 0 N–H and O–H groups in total. The summed E-state index contributed by atoms with van der Waals surface area (Å²) in [5, 5.41) is 5.32. The van der Waals surface area contributed by atoms with Crippen LogP contribution < -0.4 is 4.90 Å². The highest BCUT2D eigenvalue weighted by Crippen LogP contribution is 2.29. The summed E-state index contributed by atoms with van der Waals surface area (Å²) in [5.41, 5.74) is 4.97. The number of rotatable bonds is 4. The molecule has 1 aliphatic carbocycles. The van der Waals surface area contributed by atoms with Crippen molar-refractivity contribution in [1.82, 2.24) is 24.6 Å². The van der Waals surface area contributed by atoms with Gasteiger partial charge in [0.05, 0.1) is 5.69 Å². The van der Waals surface area contributed by atoms with Gasteiger partial charge in [0.2, 0.25) is 0 Å². The quantitative estimate of drug-likeness (QED) is 0.806. The lowest BCUT2D eigenvalue weighted by Crippen LogP contribution is -2.47. The third kappa shape index (κ3) is 3.69. The topological polar surface area (TPSA) is 50.1 Å². The van der Waals surface area contributed by atoms with E-state index in [1.54, 1.807) is 4.68 Å². The predicted octanol–water partition coefficient (Wildman–Crippen LogP) is 2.94. The molecule has 0 bridgehead atoms. The highest BCUT2D eigenvalue weighted by atomic mass is 35.5. The first-order chi connectivity index (χ1) is 13.1. The molecule has 0 unspecified atom stereocenters. The zero-order chi connectivity index (χ0) is 19.0. The molecule has 0 atom stereocenters. The summed E-state index contributed by atoms with van der Waals surface area (Å²) in [7, 11) is 1.92. The zero-order valence-electron chi connectivity index (χ0n) is 16.6. The lowest BCUT2D eigenvalue weighted by atomic mass is 9.96. The molecule has 0 radical (unpaired) electrons. The predicted molar refractivity (Wildman–Crippen MR) is 108 cm³/mol. The smallest absolute Gasteiger partial charge is 0.135 e. The van der Waals surface area contributed by atoms with Gasteiger partial charge < -0.3 is 4.90 Å². The molecule has 0 spiro atoms. The highest BCUT2D eigenvalue weighted by molar-refractivity contribution is 6.30. The molecule has 2 aliphatic rings. The Morgan fingerprint density at radius 2 is 1.78 bits per heavy atom. The largest absolute Gasteiger partial charge is 0.354 e. The molecular weight excluding hydrogens is 360 g/mol. The van der Waals surface area contributed by atoms with Crippen LogP contribution in [-0.2, 0) is 32.9 Å². The van der Waals surface area contributed by atoms with Crippen molar-refractivity contribution in [2.24, 2.45) is 7.05 Å².